The van der Waals surface area contributed by atoms with Crippen LogP contribution in [0.4, 0.5) is 0 Å². The molecule has 0 radical (unpaired) electrons. The second kappa shape index (κ2) is 29.5. The highest BCUT2D eigenvalue weighted by atomic mass is 16.5. The number of aliphatic hydroxyl groups is 4. The quantitative estimate of drug-likeness (QED) is 0.0603. The lowest BCUT2D eigenvalue weighted by Gasteiger charge is -2.43. The van der Waals surface area contributed by atoms with Crippen LogP contribution in [0.3, 0.4) is 0 Å². The number of primary amides is 1. The molecule has 2 saturated heterocycles. The molecule has 9 amide bonds. The van der Waals surface area contributed by atoms with Crippen LogP contribution in [0.25, 0.3) is 0 Å². The number of aromatic hydroxyl groups is 2. The average Bonchev–Trinajstić information content (AvgIpc) is 3.40. The summed E-state index contributed by atoms with van der Waals surface area (Å²) < 4.78 is 5.91. The van der Waals surface area contributed by atoms with E-state index in [4.69, 9.17) is 10.5 Å². The van der Waals surface area contributed by atoms with E-state index in [1.165, 1.54) is 57.3 Å². The summed E-state index contributed by atoms with van der Waals surface area (Å²) in [6.07, 6.45) is -8.60. The monoisotopic (exact) mass is 1110 g/mol. The zero-order chi connectivity index (χ0) is 59.0. The highest BCUT2D eigenvalue weighted by Gasteiger charge is 2.47. The summed E-state index contributed by atoms with van der Waals surface area (Å²) in [6.45, 7) is 8.12. The standard InChI is InChI=1S/C53H77N9O17/c1-8-27(4)42-53(78)79-29(6)43(60-46(71)35(19-21-40(54)68)55-45(70)34(56-49(74)39(67)25-63)18-13-30-9-14-32(65)15-10-30)50(75)58-37(23-26(2)3)47(72)57-36-20-22-41(69)62(51(36)76)44(28(5)64)52(77)61(7)38(48(73)59-42)24-31-11-16-33(66)17-12-31/h9-12,14-17,26-29,34-39,41-44,63-67,69H,8,13,18-25H2,1-7H3,(H2,54,68)(H,55,70)(H,56,74)(H,57,72)(H,58,75)(H,59,73)(H,60,71)/t27-,28-,29-,34+,35+,36+,37+,38+,39-,41-,42+,43+,44+/m1/s1. The van der Waals surface area contributed by atoms with Crippen molar-refractivity contribution in [3.05, 3.63) is 59.7 Å². The number of carbonyl (C=O) groups is 10. The minimum Gasteiger partial charge on any atom is -0.508 e. The Kier molecular flexibility index (Phi) is 24.0. The van der Waals surface area contributed by atoms with Gasteiger partial charge in [-0.15, -0.1) is 0 Å². The lowest BCUT2D eigenvalue weighted by Crippen LogP contribution is -2.67. The number of fused-ring (bicyclic) bond motifs is 2. The van der Waals surface area contributed by atoms with Gasteiger partial charge in [0.2, 0.25) is 47.3 Å². The Labute approximate surface area is 457 Å². The molecular weight excluding hydrogens is 1030 g/mol. The molecule has 2 aliphatic rings. The number of hydrogen-bond donors (Lipinski definition) is 13. The smallest absolute Gasteiger partial charge is 0.329 e. The Morgan fingerprint density at radius 2 is 1.35 bits per heavy atom. The number of nitrogens with two attached hydrogens (primary N) is 1. The van der Waals surface area contributed by atoms with Crippen LogP contribution in [0, 0.1) is 11.8 Å². The van der Waals surface area contributed by atoms with Gasteiger partial charge < -0.3 is 82.8 Å². The van der Waals surface area contributed by atoms with Crippen molar-refractivity contribution in [1.82, 2.24) is 41.7 Å². The number of phenolic OH excluding ortho intramolecular Hbond substituents is 2. The molecule has 13 atom stereocenters. The van der Waals surface area contributed by atoms with Gasteiger partial charge in [-0.3, -0.25) is 43.2 Å². The minimum atomic E-state index is -1.96. The highest BCUT2D eigenvalue weighted by molar-refractivity contribution is 5.99. The van der Waals surface area contributed by atoms with Gasteiger partial charge in [0.25, 0.3) is 5.91 Å². The van der Waals surface area contributed by atoms with Gasteiger partial charge in [0.15, 0.2) is 6.10 Å². The summed E-state index contributed by atoms with van der Waals surface area (Å²) in [5.74, 6) is -11.7. The van der Waals surface area contributed by atoms with E-state index in [-0.39, 0.29) is 62.4 Å². The number of phenols is 2. The maximum absolute atomic E-state index is 14.8. The van der Waals surface area contributed by atoms with Gasteiger partial charge >= 0.3 is 5.97 Å². The molecular formula is C53H77N9O17. The number of aryl methyl sites for hydroxylation is 1. The van der Waals surface area contributed by atoms with E-state index in [0.29, 0.717) is 11.1 Å². The maximum atomic E-state index is 14.8. The first-order chi connectivity index (χ1) is 37.2. The first-order valence-corrected chi connectivity index (χ1v) is 26.3. The fourth-order valence-corrected chi connectivity index (χ4v) is 9.09. The Balaban J connectivity index is 1.84. The topological polar surface area (TPSA) is 406 Å². The molecule has 0 spiro atoms. The van der Waals surface area contributed by atoms with Crippen molar-refractivity contribution in [3.63, 3.8) is 0 Å². The third kappa shape index (κ3) is 18.1. The molecule has 436 valence electrons. The van der Waals surface area contributed by atoms with E-state index < -0.39 is 157 Å². The van der Waals surface area contributed by atoms with E-state index in [9.17, 15) is 78.6 Å². The van der Waals surface area contributed by atoms with E-state index in [2.05, 4.69) is 31.9 Å². The van der Waals surface area contributed by atoms with E-state index >= 15 is 0 Å². The molecule has 2 aromatic rings. The molecule has 79 heavy (non-hydrogen) atoms. The normalized spacial score (nSPS) is 24.7. The number of benzene rings is 2. The van der Waals surface area contributed by atoms with Crippen LogP contribution < -0.4 is 37.6 Å². The molecule has 14 N–H and O–H groups in total. The SMILES string of the molecule is CC[C@@H](C)[C@@H]1NC(=O)[C@H](Cc2ccc(O)cc2)N(C)C(=O)[C@H]([C@@H](C)O)N2C(=O)[C@H](CC[C@H]2O)NC(=O)[C@H](CC(C)C)NC(=O)[C@@H](NC(=O)[C@H](CCC(N)=O)NC(=O)[C@H](CCc2ccc(O)cc2)NC(=O)[C@H](O)CO)[C@@H](C)OC1=O. The minimum absolute atomic E-state index is 0.0484. The Morgan fingerprint density at radius 1 is 0.772 bits per heavy atom. The number of amides is 9. The van der Waals surface area contributed by atoms with Crippen LogP contribution in [-0.2, 0) is 65.5 Å². The van der Waals surface area contributed by atoms with Gasteiger partial charge in [-0.25, -0.2) is 4.79 Å². The van der Waals surface area contributed by atoms with Gasteiger partial charge in [0.1, 0.15) is 72.2 Å². The molecule has 2 bridgehead atoms. The van der Waals surface area contributed by atoms with Crippen LogP contribution in [0.1, 0.15) is 97.6 Å². The van der Waals surface area contributed by atoms with Crippen molar-refractivity contribution in [3.8, 4) is 11.5 Å². The molecule has 2 aromatic carbocycles. The first-order valence-electron chi connectivity index (χ1n) is 26.3. The Bertz CT molecular complexity index is 2480. The predicted molar refractivity (Wildman–Crippen MR) is 280 cm³/mol. The third-order valence-electron chi connectivity index (χ3n) is 13.9. The number of nitrogens with one attached hydrogen (secondary N) is 6. The lowest BCUT2D eigenvalue weighted by atomic mass is 9.95. The van der Waals surface area contributed by atoms with Crippen LogP contribution >= 0.6 is 0 Å². The molecule has 26 nitrogen and oxygen atoms in total. The Hall–Kier alpha value is -7.42. The average molecular weight is 1110 g/mol. The predicted octanol–water partition coefficient (Wildman–Crippen LogP) is -2.64. The molecule has 4 rings (SSSR count). The number of ether oxygens (including phenoxy) is 1. The number of rotatable bonds is 20. The number of aliphatic hydroxyl groups excluding tert-OH is 4. The summed E-state index contributed by atoms with van der Waals surface area (Å²) in [7, 11) is 1.22. The second-order valence-corrected chi connectivity index (χ2v) is 20.6. The van der Waals surface area contributed by atoms with Crippen LogP contribution in [0.15, 0.2) is 48.5 Å². The maximum Gasteiger partial charge on any atom is 0.329 e. The van der Waals surface area contributed by atoms with Crippen molar-refractivity contribution in [1.29, 1.82) is 0 Å². The molecule has 2 aliphatic heterocycles. The summed E-state index contributed by atoms with van der Waals surface area (Å²) >= 11 is 0. The van der Waals surface area contributed by atoms with Gasteiger partial charge in [0, 0.05) is 19.9 Å². The van der Waals surface area contributed by atoms with Gasteiger partial charge in [-0.2, -0.15) is 0 Å². The molecule has 0 saturated carbocycles. The van der Waals surface area contributed by atoms with Gasteiger partial charge in [-0.05, 0) is 99.6 Å². The number of esters is 1. The summed E-state index contributed by atoms with van der Waals surface area (Å²) in [5.41, 5.74) is 6.48. The Morgan fingerprint density at radius 3 is 1.91 bits per heavy atom. The van der Waals surface area contributed by atoms with E-state index in [1.54, 1.807) is 39.8 Å². The first kappa shape index (κ1) is 64.1. The number of hydrogen-bond acceptors (Lipinski definition) is 17. The van der Waals surface area contributed by atoms with Crippen molar-refractivity contribution >= 4 is 59.1 Å². The molecule has 2 heterocycles. The van der Waals surface area contributed by atoms with Crippen molar-refractivity contribution in [2.45, 2.75) is 172 Å². The summed E-state index contributed by atoms with van der Waals surface area (Å²) in [6, 6.07) is -1.54. The molecule has 0 aliphatic carbocycles. The van der Waals surface area contributed by atoms with E-state index in [1.807, 2.05) is 0 Å². The molecule has 0 unspecified atom stereocenters. The van der Waals surface area contributed by atoms with Crippen LogP contribution in [-0.4, -0.2) is 186 Å². The van der Waals surface area contributed by atoms with Crippen molar-refractivity contribution in [2.75, 3.05) is 13.7 Å². The lowest BCUT2D eigenvalue weighted by molar-refractivity contribution is -0.170. The fourth-order valence-electron chi connectivity index (χ4n) is 9.09. The number of cyclic esters (lactones) is 1. The zero-order valence-corrected chi connectivity index (χ0v) is 45.4. The number of nitrogens with zero attached hydrogens (tertiary/aromatic N) is 2. The third-order valence-corrected chi connectivity index (χ3v) is 13.9. The van der Waals surface area contributed by atoms with Crippen LogP contribution in [0.2, 0.25) is 0 Å². The largest absolute Gasteiger partial charge is 0.508 e. The summed E-state index contributed by atoms with van der Waals surface area (Å²) in [5, 5.41) is 76.9. The number of piperidine rings is 1. The highest BCUT2D eigenvalue weighted by Crippen LogP contribution is 2.26. The number of likely N-dealkylation sites (N-methyl/N-ethyl adjacent to an activating group) is 1. The summed E-state index contributed by atoms with van der Waals surface area (Å²) in [4.78, 5) is 143. The van der Waals surface area contributed by atoms with Crippen LogP contribution in [0.5, 0.6) is 11.5 Å². The van der Waals surface area contributed by atoms with Crippen molar-refractivity contribution in [2.24, 2.45) is 17.6 Å². The second-order valence-electron chi connectivity index (χ2n) is 20.6. The molecule has 26 heteroatoms. The molecule has 0 aromatic heterocycles. The molecule has 2 fully saturated rings. The van der Waals surface area contributed by atoms with E-state index in [0.717, 1.165) is 9.80 Å². The fraction of sp³-hybridized carbons (Fsp3) is 0.585. The number of carbonyl (C=O) groups excluding carboxylic acids is 10. The zero-order valence-electron chi connectivity index (χ0n) is 45.4. The van der Waals surface area contributed by atoms with Gasteiger partial charge in [0.05, 0.1) is 12.7 Å². The van der Waals surface area contributed by atoms with Gasteiger partial charge in [-0.1, -0.05) is 58.4 Å². The van der Waals surface area contributed by atoms with Crippen molar-refractivity contribution < 1.29 is 83.3 Å².